The van der Waals surface area contributed by atoms with Crippen molar-refractivity contribution in [1.82, 2.24) is 0 Å². The average molecular weight is 303 g/mol. The minimum Gasteiger partial charge on any atom is -0.466 e. The van der Waals surface area contributed by atoms with Gasteiger partial charge in [0.2, 0.25) is 0 Å². The van der Waals surface area contributed by atoms with E-state index in [4.69, 9.17) is 19.9 Å². The van der Waals surface area contributed by atoms with Gasteiger partial charge in [0, 0.05) is 26.6 Å². The number of hydrogen-bond donors (Lipinski definition) is 1. The van der Waals surface area contributed by atoms with Gasteiger partial charge in [-0.2, -0.15) is 0 Å². The summed E-state index contributed by atoms with van der Waals surface area (Å²) in [5.41, 5.74) is 5.82. The highest BCUT2D eigenvalue weighted by Gasteiger charge is 2.24. The quantitative estimate of drug-likeness (QED) is 0.443. The largest absolute Gasteiger partial charge is 0.466 e. The summed E-state index contributed by atoms with van der Waals surface area (Å²) in [6.07, 6.45) is 2.97. The van der Waals surface area contributed by atoms with Crippen LogP contribution in [0.5, 0.6) is 0 Å². The van der Waals surface area contributed by atoms with Crippen LogP contribution >= 0.6 is 0 Å². The van der Waals surface area contributed by atoms with Gasteiger partial charge in [-0.15, -0.1) is 0 Å². The first-order chi connectivity index (χ1) is 9.91. The van der Waals surface area contributed by atoms with Crippen LogP contribution in [0.15, 0.2) is 0 Å². The van der Waals surface area contributed by atoms with Crippen LogP contribution in [0, 0.1) is 11.3 Å². The van der Waals surface area contributed by atoms with Crippen molar-refractivity contribution in [3.05, 3.63) is 0 Å². The zero-order chi connectivity index (χ0) is 16.1. The maximum absolute atomic E-state index is 11.7. The van der Waals surface area contributed by atoms with Crippen LogP contribution < -0.4 is 5.73 Å². The molecule has 0 aliphatic heterocycles. The van der Waals surface area contributed by atoms with Crippen molar-refractivity contribution in [2.24, 2.45) is 17.1 Å². The van der Waals surface area contributed by atoms with E-state index < -0.39 is 0 Å². The standard InChI is InChI=1S/C16H33NO4/c1-16(2,3)14(8-9-17)6-7-15(18)21-11-5-10-20-13-12-19-4/h14H,5-13,17H2,1-4H3. The van der Waals surface area contributed by atoms with Gasteiger partial charge in [0.05, 0.1) is 19.8 Å². The molecule has 0 aromatic rings. The minimum absolute atomic E-state index is 0.127. The number of nitrogens with two attached hydrogens (primary N) is 1. The Morgan fingerprint density at radius 1 is 1.10 bits per heavy atom. The van der Waals surface area contributed by atoms with E-state index >= 15 is 0 Å². The second-order valence-corrected chi connectivity index (χ2v) is 6.36. The Labute approximate surface area is 129 Å². The van der Waals surface area contributed by atoms with Crippen LogP contribution in [0.4, 0.5) is 0 Å². The van der Waals surface area contributed by atoms with E-state index in [9.17, 15) is 4.79 Å². The number of carbonyl (C=O) groups excluding carboxylic acids is 1. The highest BCUT2D eigenvalue weighted by Crippen LogP contribution is 2.32. The molecular weight excluding hydrogens is 270 g/mol. The number of ether oxygens (including phenoxy) is 3. The van der Waals surface area contributed by atoms with Gasteiger partial charge >= 0.3 is 5.97 Å². The fourth-order valence-electron chi connectivity index (χ4n) is 2.17. The van der Waals surface area contributed by atoms with Crippen molar-refractivity contribution in [3.8, 4) is 0 Å². The van der Waals surface area contributed by atoms with Crippen molar-refractivity contribution in [1.29, 1.82) is 0 Å². The van der Waals surface area contributed by atoms with Crippen LogP contribution in [0.25, 0.3) is 0 Å². The lowest BCUT2D eigenvalue weighted by Crippen LogP contribution is -2.24. The zero-order valence-corrected chi connectivity index (χ0v) is 14.2. The molecule has 0 aliphatic carbocycles. The molecule has 0 radical (unpaired) electrons. The highest BCUT2D eigenvalue weighted by atomic mass is 16.5. The van der Waals surface area contributed by atoms with Crippen LogP contribution in [0.3, 0.4) is 0 Å². The van der Waals surface area contributed by atoms with Gasteiger partial charge in [0.15, 0.2) is 0 Å². The van der Waals surface area contributed by atoms with E-state index in [1.54, 1.807) is 7.11 Å². The second-order valence-electron chi connectivity index (χ2n) is 6.36. The Morgan fingerprint density at radius 3 is 2.38 bits per heavy atom. The smallest absolute Gasteiger partial charge is 0.305 e. The number of hydrogen-bond acceptors (Lipinski definition) is 5. The first kappa shape index (κ1) is 20.3. The molecule has 0 aromatic carbocycles. The SMILES string of the molecule is COCCOCCCOC(=O)CCC(CCN)C(C)(C)C. The van der Waals surface area contributed by atoms with E-state index in [0.717, 1.165) is 19.3 Å². The molecule has 21 heavy (non-hydrogen) atoms. The molecule has 1 atom stereocenters. The summed E-state index contributed by atoms with van der Waals surface area (Å²) in [5, 5.41) is 0. The van der Waals surface area contributed by atoms with E-state index in [1.807, 2.05) is 0 Å². The molecule has 0 saturated heterocycles. The molecule has 0 aliphatic rings. The van der Waals surface area contributed by atoms with E-state index in [1.165, 1.54) is 0 Å². The maximum Gasteiger partial charge on any atom is 0.305 e. The maximum atomic E-state index is 11.7. The summed E-state index contributed by atoms with van der Waals surface area (Å²) in [4.78, 5) is 11.7. The molecule has 0 rings (SSSR count). The first-order valence-electron chi connectivity index (χ1n) is 7.84. The van der Waals surface area contributed by atoms with Gasteiger partial charge in [-0.25, -0.2) is 0 Å². The van der Waals surface area contributed by atoms with Crippen molar-refractivity contribution in [2.75, 3.05) is 40.1 Å². The van der Waals surface area contributed by atoms with Crippen molar-refractivity contribution >= 4 is 5.97 Å². The third kappa shape index (κ3) is 11.7. The van der Waals surface area contributed by atoms with Gasteiger partial charge in [0.25, 0.3) is 0 Å². The van der Waals surface area contributed by atoms with Gasteiger partial charge in [-0.05, 0) is 30.7 Å². The van der Waals surface area contributed by atoms with Crippen molar-refractivity contribution in [3.63, 3.8) is 0 Å². The normalized spacial score (nSPS) is 13.2. The lowest BCUT2D eigenvalue weighted by atomic mass is 9.76. The summed E-state index contributed by atoms with van der Waals surface area (Å²) in [6.45, 7) is 9.42. The van der Waals surface area contributed by atoms with Crippen LogP contribution in [-0.2, 0) is 19.0 Å². The Kier molecular flexibility index (Phi) is 11.6. The fraction of sp³-hybridized carbons (Fsp3) is 0.938. The molecule has 0 aromatic heterocycles. The average Bonchev–Trinajstić information content (AvgIpc) is 2.41. The highest BCUT2D eigenvalue weighted by molar-refractivity contribution is 5.69. The van der Waals surface area contributed by atoms with Gasteiger partial charge in [-0.3, -0.25) is 4.79 Å². The monoisotopic (exact) mass is 303 g/mol. The van der Waals surface area contributed by atoms with Crippen LogP contribution in [-0.4, -0.2) is 46.1 Å². The molecule has 0 saturated carbocycles. The molecule has 2 N–H and O–H groups in total. The number of rotatable bonds is 12. The number of esters is 1. The summed E-state index contributed by atoms with van der Waals surface area (Å²) in [6, 6.07) is 0. The molecule has 0 fully saturated rings. The summed E-state index contributed by atoms with van der Waals surface area (Å²) < 4.78 is 15.4. The predicted molar refractivity (Wildman–Crippen MR) is 84.1 cm³/mol. The Bertz CT molecular complexity index is 263. The Hall–Kier alpha value is -0.650. The lowest BCUT2D eigenvalue weighted by molar-refractivity contribution is -0.144. The van der Waals surface area contributed by atoms with E-state index in [-0.39, 0.29) is 11.4 Å². The molecule has 0 spiro atoms. The molecule has 5 heteroatoms. The van der Waals surface area contributed by atoms with Gasteiger partial charge in [-0.1, -0.05) is 20.8 Å². The summed E-state index contributed by atoms with van der Waals surface area (Å²) in [5.74, 6) is 0.325. The van der Waals surface area contributed by atoms with Crippen LogP contribution in [0.1, 0.15) is 46.5 Å². The second kappa shape index (κ2) is 12.0. The fourth-order valence-corrected chi connectivity index (χ4v) is 2.17. The molecule has 0 heterocycles. The molecule has 0 amide bonds. The number of carbonyl (C=O) groups is 1. The molecular formula is C16H33NO4. The predicted octanol–water partition coefficient (Wildman–Crippen LogP) is 2.37. The lowest BCUT2D eigenvalue weighted by Gasteiger charge is -2.30. The van der Waals surface area contributed by atoms with Gasteiger partial charge in [0.1, 0.15) is 0 Å². The van der Waals surface area contributed by atoms with E-state index in [0.29, 0.717) is 45.3 Å². The molecule has 0 bridgehead atoms. The van der Waals surface area contributed by atoms with Crippen LogP contribution in [0.2, 0.25) is 0 Å². The summed E-state index contributed by atoms with van der Waals surface area (Å²) in [7, 11) is 1.64. The Morgan fingerprint density at radius 2 is 1.81 bits per heavy atom. The Balaban J connectivity index is 3.69. The topological polar surface area (TPSA) is 70.8 Å². The first-order valence-corrected chi connectivity index (χ1v) is 7.84. The molecule has 1 unspecified atom stereocenters. The van der Waals surface area contributed by atoms with Gasteiger partial charge < -0.3 is 19.9 Å². The zero-order valence-electron chi connectivity index (χ0n) is 14.2. The summed E-state index contributed by atoms with van der Waals surface area (Å²) >= 11 is 0. The van der Waals surface area contributed by atoms with Crippen molar-refractivity contribution in [2.45, 2.75) is 46.5 Å². The molecule has 126 valence electrons. The van der Waals surface area contributed by atoms with E-state index in [2.05, 4.69) is 20.8 Å². The third-order valence-electron chi connectivity index (χ3n) is 3.56. The van der Waals surface area contributed by atoms with Crippen molar-refractivity contribution < 1.29 is 19.0 Å². The number of methoxy groups -OCH3 is 1. The third-order valence-corrected chi connectivity index (χ3v) is 3.56. The minimum atomic E-state index is -0.127. The molecule has 5 nitrogen and oxygen atoms in total.